The van der Waals surface area contributed by atoms with Crippen molar-refractivity contribution in [3.8, 4) is 0 Å². The van der Waals surface area contributed by atoms with E-state index in [0.717, 1.165) is 24.8 Å². The summed E-state index contributed by atoms with van der Waals surface area (Å²) in [6, 6.07) is 5.98. The lowest BCUT2D eigenvalue weighted by Gasteiger charge is -2.35. The van der Waals surface area contributed by atoms with Crippen LogP contribution in [0.1, 0.15) is 37.7 Å². The van der Waals surface area contributed by atoms with Crippen LogP contribution in [0, 0.1) is 5.82 Å². The van der Waals surface area contributed by atoms with E-state index in [0.29, 0.717) is 12.8 Å². The average molecular weight is 237 g/mol. The summed E-state index contributed by atoms with van der Waals surface area (Å²) in [5.74, 6) is -0.701. The molecule has 0 aliphatic heterocycles. The molecular weight excluding hydrogens is 221 g/mol. The van der Waals surface area contributed by atoms with Gasteiger partial charge >= 0.3 is 0 Å². The van der Waals surface area contributed by atoms with E-state index in [9.17, 15) is 9.18 Å². The summed E-state index contributed by atoms with van der Waals surface area (Å²) in [4.78, 5) is 11.9. The van der Waals surface area contributed by atoms with Gasteiger partial charge in [-0.05, 0) is 30.5 Å². The van der Waals surface area contributed by atoms with Gasteiger partial charge in [0.05, 0.1) is 5.41 Å². The Bertz CT molecular complexity index is 396. The first kappa shape index (κ1) is 12.0. The molecule has 0 bridgehead atoms. The predicted molar refractivity (Wildman–Crippen MR) is 61.1 cm³/mol. The lowest BCUT2D eigenvalue weighted by molar-refractivity contribution is -0.136. The van der Waals surface area contributed by atoms with E-state index < -0.39 is 5.41 Å². The molecule has 1 aromatic rings. The highest BCUT2D eigenvalue weighted by molar-refractivity contribution is 5.87. The molecule has 1 amide bonds. The summed E-state index contributed by atoms with van der Waals surface area (Å²) in [5, 5.41) is 8.89. The van der Waals surface area contributed by atoms with Crippen LogP contribution >= 0.6 is 0 Å². The molecule has 2 N–H and O–H groups in total. The third-order valence-electron chi connectivity index (χ3n) is 3.64. The Morgan fingerprint density at radius 3 is 2.29 bits per heavy atom. The number of hydroxylamine groups is 1. The van der Waals surface area contributed by atoms with Gasteiger partial charge in [-0.1, -0.05) is 31.4 Å². The first-order valence-corrected chi connectivity index (χ1v) is 5.90. The molecule has 0 radical (unpaired) electrons. The van der Waals surface area contributed by atoms with Gasteiger partial charge in [0.2, 0.25) is 0 Å². The molecule has 0 atom stereocenters. The second-order valence-electron chi connectivity index (χ2n) is 4.59. The molecular formula is C13H16FNO2. The van der Waals surface area contributed by atoms with Gasteiger partial charge in [-0.15, -0.1) is 0 Å². The van der Waals surface area contributed by atoms with Crippen molar-refractivity contribution in [1.29, 1.82) is 0 Å². The lowest BCUT2D eigenvalue weighted by Crippen LogP contribution is -2.44. The van der Waals surface area contributed by atoms with Crippen LogP contribution in [0.25, 0.3) is 0 Å². The Balaban J connectivity index is 2.38. The van der Waals surface area contributed by atoms with Crippen LogP contribution < -0.4 is 5.48 Å². The first-order valence-electron chi connectivity index (χ1n) is 5.90. The van der Waals surface area contributed by atoms with Gasteiger partial charge in [-0.2, -0.15) is 0 Å². The van der Waals surface area contributed by atoms with Crippen LogP contribution in [0.4, 0.5) is 4.39 Å². The average Bonchev–Trinajstić information content (AvgIpc) is 2.39. The lowest BCUT2D eigenvalue weighted by atomic mass is 9.69. The van der Waals surface area contributed by atoms with Crippen molar-refractivity contribution in [3.05, 3.63) is 35.6 Å². The van der Waals surface area contributed by atoms with Crippen molar-refractivity contribution in [1.82, 2.24) is 5.48 Å². The summed E-state index contributed by atoms with van der Waals surface area (Å²) < 4.78 is 12.9. The molecule has 3 nitrogen and oxygen atoms in total. The SMILES string of the molecule is O=C(NO)C1(c2ccc(F)cc2)CCCCC1. The van der Waals surface area contributed by atoms with Crippen LogP contribution in [-0.4, -0.2) is 11.1 Å². The van der Waals surface area contributed by atoms with Gasteiger partial charge in [0.1, 0.15) is 5.82 Å². The maximum atomic E-state index is 12.9. The van der Waals surface area contributed by atoms with Gasteiger partial charge in [0.25, 0.3) is 5.91 Å². The molecule has 4 heteroatoms. The minimum Gasteiger partial charge on any atom is -0.289 e. The first-order chi connectivity index (χ1) is 8.19. The van der Waals surface area contributed by atoms with Gasteiger partial charge in [0, 0.05) is 0 Å². The number of amides is 1. The number of halogens is 1. The second kappa shape index (κ2) is 4.84. The van der Waals surface area contributed by atoms with Crippen molar-refractivity contribution in [2.45, 2.75) is 37.5 Å². The summed E-state index contributed by atoms with van der Waals surface area (Å²) in [5.41, 5.74) is 1.84. The minimum atomic E-state index is -0.694. The Morgan fingerprint density at radius 1 is 1.18 bits per heavy atom. The summed E-state index contributed by atoms with van der Waals surface area (Å²) in [6.07, 6.45) is 4.40. The molecule has 1 aromatic carbocycles. The number of hydrogen-bond donors (Lipinski definition) is 2. The molecule has 1 aliphatic carbocycles. The summed E-state index contributed by atoms with van der Waals surface area (Å²) in [6.45, 7) is 0. The molecule has 0 unspecified atom stereocenters. The van der Waals surface area contributed by atoms with Crippen molar-refractivity contribution in [3.63, 3.8) is 0 Å². The molecule has 2 rings (SSSR count). The molecule has 1 saturated carbocycles. The van der Waals surface area contributed by atoms with Gasteiger partial charge in [-0.25, -0.2) is 9.87 Å². The van der Waals surface area contributed by atoms with E-state index in [-0.39, 0.29) is 11.7 Å². The van der Waals surface area contributed by atoms with E-state index in [2.05, 4.69) is 0 Å². The Morgan fingerprint density at radius 2 is 1.76 bits per heavy atom. The molecule has 0 aromatic heterocycles. The minimum absolute atomic E-state index is 0.316. The number of rotatable bonds is 2. The molecule has 0 heterocycles. The fourth-order valence-corrected chi connectivity index (χ4v) is 2.68. The summed E-state index contributed by atoms with van der Waals surface area (Å²) >= 11 is 0. The monoisotopic (exact) mass is 237 g/mol. The summed E-state index contributed by atoms with van der Waals surface area (Å²) in [7, 11) is 0. The number of benzene rings is 1. The van der Waals surface area contributed by atoms with Gasteiger partial charge in [0.15, 0.2) is 0 Å². The van der Waals surface area contributed by atoms with E-state index in [4.69, 9.17) is 5.21 Å². The van der Waals surface area contributed by atoms with Crippen LogP contribution in [0.15, 0.2) is 24.3 Å². The molecule has 17 heavy (non-hydrogen) atoms. The largest absolute Gasteiger partial charge is 0.289 e. The van der Waals surface area contributed by atoms with Gasteiger partial charge < -0.3 is 0 Å². The Kier molecular flexibility index (Phi) is 3.43. The van der Waals surface area contributed by atoms with Crippen molar-refractivity contribution in [2.75, 3.05) is 0 Å². The molecule has 1 aliphatic rings. The topological polar surface area (TPSA) is 49.3 Å². The number of carbonyl (C=O) groups excluding carboxylic acids is 1. The normalized spacial score (nSPS) is 18.7. The van der Waals surface area contributed by atoms with E-state index >= 15 is 0 Å². The number of carbonyl (C=O) groups is 1. The fraction of sp³-hybridized carbons (Fsp3) is 0.462. The van der Waals surface area contributed by atoms with Gasteiger partial charge in [-0.3, -0.25) is 10.0 Å². The zero-order chi connectivity index (χ0) is 12.3. The highest BCUT2D eigenvalue weighted by atomic mass is 19.1. The third-order valence-corrected chi connectivity index (χ3v) is 3.64. The molecule has 92 valence electrons. The maximum Gasteiger partial charge on any atom is 0.253 e. The molecule has 1 fully saturated rings. The quantitative estimate of drug-likeness (QED) is 0.613. The highest BCUT2D eigenvalue weighted by Crippen LogP contribution is 2.39. The Hall–Kier alpha value is -1.42. The van der Waals surface area contributed by atoms with Crippen LogP contribution in [-0.2, 0) is 10.2 Å². The second-order valence-corrected chi connectivity index (χ2v) is 4.59. The molecule has 0 saturated heterocycles. The molecule has 0 spiro atoms. The predicted octanol–water partition coefficient (Wildman–Crippen LogP) is 2.53. The zero-order valence-corrected chi connectivity index (χ0v) is 9.58. The van der Waals surface area contributed by atoms with Crippen LogP contribution in [0.3, 0.4) is 0 Å². The van der Waals surface area contributed by atoms with E-state index in [1.807, 2.05) is 0 Å². The van der Waals surface area contributed by atoms with Crippen LogP contribution in [0.5, 0.6) is 0 Å². The smallest absolute Gasteiger partial charge is 0.253 e. The van der Waals surface area contributed by atoms with Crippen LogP contribution in [0.2, 0.25) is 0 Å². The standard InChI is InChI=1S/C13H16FNO2/c14-11-6-4-10(5-7-11)13(12(16)15-17)8-2-1-3-9-13/h4-7,17H,1-3,8-9H2,(H,15,16). The Labute approximate surface area is 99.6 Å². The van der Waals surface area contributed by atoms with E-state index in [1.165, 1.54) is 12.1 Å². The number of hydrogen-bond acceptors (Lipinski definition) is 2. The fourth-order valence-electron chi connectivity index (χ4n) is 2.68. The number of nitrogens with one attached hydrogen (secondary N) is 1. The van der Waals surface area contributed by atoms with Crippen molar-refractivity contribution < 1.29 is 14.4 Å². The third kappa shape index (κ3) is 2.17. The maximum absolute atomic E-state index is 12.9. The van der Waals surface area contributed by atoms with Crippen molar-refractivity contribution in [2.24, 2.45) is 0 Å². The zero-order valence-electron chi connectivity index (χ0n) is 9.58. The highest BCUT2D eigenvalue weighted by Gasteiger charge is 2.40. The van der Waals surface area contributed by atoms with Crippen molar-refractivity contribution >= 4 is 5.91 Å². The van der Waals surface area contributed by atoms with E-state index in [1.54, 1.807) is 17.6 Å².